The Morgan fingerprint density at radius 3 is 2.52 bits per heavy atom. The van der Waals surface area contributed by atoms with Crippen LogP contribution in [0.5, 0.6) is 0 Å². The summed E-state index contributed by atoms with van der Waals surface area (Å²) in [6, 6.07) is 19.8. The molecule has 21 heavy (non-hydrogen) atoms. The number of benzene rings is 2. The molecule has 0 aliphatic carbocycles. The molecule has 4 rings (SSSR count). The summed E-state index contributed by atoms with van der Waals surface area (Å²) in [5.74, 6) is 0. The van der Waals surface area contributed by atoms with E-state index in [0.717, 1.165) is 5.69 Å². The molecule has 2 radical (unpaired) electrons. The standard InChI is InChI=1S/C18H12NS.Bi/c1-12-10-14(8-9-19-12)13-6-7-18-16(11-13)15-4-2-3-5-17(15)20-18;/h2-8,10-11H,1H3;. The predicted molar refractivity (Wildman–Crippen MR) is 92.7 cm³/mol. The third-order valence-corrected chi connectivity index (χ3v) is 5.69. The van der Waals surface area contributed by atoms with Gasteiger partial charge in [0, 0.05) is 0 Å². The van der Waals surface area contributed by atoms with Crippen LogP contribution < -0.4 is 3.40 Å². The summed E-state index contributed by atoms with van der Waals surface area (Å²) in [5, 5.41) is 2.71. The third-order valence-electron chi connectivity index (χ3n) is 3.65. The molecule has 2 heterocycles. The number of rotatable bonds is 1. The van der Waals surface area contributed by atoms with Crippen molar-refractivity contribution in [3.63, 3.8) is 0 Å². The van der Waals surface area contributed by atoms with Gasteiger partial charge >= 0.3 is 143 Å². The Kier molecular flexibility index (Phi) is 3.28. The fourth-order valence-electron chi connectivity index (χ4n) is 2.72. The second kappa shape index (κ2) is 5.15. The second-order valence-corrected chi connectivity index (χ2v) is 8.03. The Bertz CT molecular complexity index is 951. The van der Waals surface area contributed by atoms with Gasteiger partial charge in [0.1, 0.15) is 0 Å². The molecule has 0 aliphatic heterocycles. The molecule has 4 aromatic rings. The molecule has 1 nitrogen and oxygen atoms in total. The van der Waals surface area contributed by atoms with Crippen molar-refractivity contribution in [2.45, 2.75) is 6.92 Å². The predicted octanol–water partition coefficient (Wildman–Crippen LogP) is 4.22. The minimum absolute atomic E-state index is 1.10. The van der Waals surface area contributed by atoms with Gasteiger partial charge in [-0.15, -0.1) is 0 Å². The van der Waals surface area contributed by atoms with Gasteiger partial charge in [-0.05, 0) is 0 Å². The molecular weight excluding hydrogens is 471 g/mol. The van der Waals surface area contributed by atoms with Crippen LogP contribution in [0.1, 0.15) is 5.69 Å². The number of thiophene rings is 1. The van der Waals surface area contributed by atoms with E-state index in [4.69, 9.17) is 0 Å². The minimum atomic E-state index is 1.10. The molecule has 0 fully saturated rings. The van der Waals surface area contributed by atoms with E-state index in [2.05, 4.69) is 66.5 Å². The maximum atomic E-state index is 4.51. The molecule has 2 aromatic carbocycles. The molecule has 100 valence electrons. The van der Waals surface area contributed by atoms with Crippen LogP contribution in [0, 0.1) is 6.92 Å². The van der Waals surface area contributed by atoms with E-state index in [1.54, 1.807) is 0 Å². The molecule has 0 bridgehead atoms. The van der Waals surface area contributed by atoms with Gasteiger partial charge in [-0.3, -0.25) is 0 Å². The number of hydrogen-bond acceptors (Lipinski definition) is 2. The Morgan fingerprint density at radius 2 is 1.67 bits per heavy atom. The summed E-state index contributed by atoms with van der Waals surface area (Å²) in [6.45, 7) is 2.07. The molecule has 0 saturated heterocycles. The third kappa shape index (κ3) is 2.39. The molecule has 3 heteroatoms. The van der Waals surface area contributed by atoms with Crippen molar-refractivity contribution in [3.05, 3.63) is 60.3 Å². The average molecular weight is 483 g/mol. The molecule has 0 unspecified atom stereocenters. The molecule has 0 amide bonds. The monoisotopic (exact) mass is 483 g/mol. The first-order chi connectivity index (χ1) is 10.2. The van der Waals surface area contributed by atoms with Crippen molar-refractivity contribution in [3.8, 4) is 11.1 Å². The summed E-state index contributed by atoms with van der Waals surface area (Å²) >= 11 is 3.07. The van der Waals surface area contributed by atoms with Crippen molar-refractivity contribution in [1.82, 2.24) is 4.98 Å². The van der Waals surface area contributed by atoms with Gasteiger partial charge in [0.2, 0.25) is 0 Å². The SMILES string of the molecule is Cc1cc(-c2ccc3sc4ccccc4c3c2)c[c]([Bi])n1. The topological polar surface area (TPSA) is 12.9 Å². The van der Waals surface area contributed by atoms with E-state index >= 15 is 0 Å². The Hall–Kier alpha value is -1.31. The molecule has 0 aliphatic rings. The van der Waals surface area contributed by atoms with Crippen molar-refractivity contribution in [2.75, 3.05) is 0 Å². The van der Waals surface area contributed by atoms with Gasteiger partial charge in [-0.25, -0.2) is 0 Å². The molecule has 0 spiro atoms. The molecular formula is C18H12BiNS. The van der Waals surface area contributed by atoms with E-state index in [0.29, 0.717) is 0 Å². The summed E-state index contributed by atoms with van der Waals surface area (Å²) in [6.07, 6.45) is 0. The van der Waals surface area contributed by atoms with Crippen molar-refractivity contribution < 1.29 is 0 Å². The number of nitrogens with zero attached hydrogens (tertiary/aromatic N) is 1. The Balaban J connectivity index is 1.99. The van der Waals surface area contributed by atoms with Crippen molar-refractivity contribution in [2.24, 2.45) is 0 Å². The molecule has 0 atom stereocenters. The van der Waals surface area contributed by atoms with Crippen LogP contribution in [0.15, 0.2) is 54.6 Å². The zero-order valence-electron chi connectivity index (χ0n) is 11.5. The van der Waals surface area contributed by atoms with Crippen LogP contribution in [0.3, 0.4) is 0 Å². The molecule has 0 N–H and O–H groups in total. The van der Waals surface area contributed by atoms with Gasteiger partial charge in [0.25, 0.3) is 0 Å². The fourth-order valence-corrected chi connectivity index (χ4v) is 4.96. The summed E-state index contributed by atoms with van der Waals surface area (Å²) in [7, 11) is 0. The molecule has 2 aromatic heterocycles. The number of aromatic nitrogens is 1. The van der Waals surface area contributed by atoms with Crippen LogP contribution in [0.2, 0.25) is 0 Å². The van der Waals surface area contributed by atoms with Crippen LogP contribution >= 0.6 is 11.3 Å². The van der Waals surface area contributed by atoms with E-state index in [1.807, 2.05) is 11.3 Å². The van der Waals surface area contributed by atoms with Gasteiger partial charge < -0.3 is 0 Å². The van der Waals surface area contributed by atoms with Crippen molar-refractivity contribution >= 4 is 59.6 Å². The van der Waals surface area contributed by atoms with E-state index in [9.17, 15) is 0 Å². The first kappa shape index (κ1) is 13.4. The van der Waals surface area contributed by atoms with Gasteiger partial charge in [0.05, 0.1) is 0 Å². The van der Waals surface area contributed by atoms with Crippen LogP contribution in [0.4, 0.5) is 0 Å². The fraction of sp³-hybridized carbons (Fsp3) is 0.0556. The number of pyridine rings is 1. The van der Waals surface area contributed by atoms with Gasteiger partial charge in [-0.2, -0.15) is 0 Å². The summed E-state index contributed by atoms with van der Waals surface area (Å²) < 4.78 is 3.90. The second-order valence-electron chi connectivity index (χ2n) is 5.16. The Labute approximate surface area is 142 Å². The molecule has 0 saturated carbocycles. The van der Waals surface area contributed by atoms with E-state index in [-0.39, 0.29) is 0 Å². The first-order valence-corrected chi connectivity index (χ1v) is 9.35. The van der Waals surface area contributed by atoms with Gasteiger partial charge in [0.15, 0.2) is 0 Å². The summed E-state index contributed by atoms with van der Waals surface area (Å²) in [4.78, 5) is 4.51. The van der Waals surface area contributed by atoms with E-state index in [1.165, 1.54) is 59.4 Å². The van der Waals surface area contributed by atoms with Crippen LogP contribution in [-0.4, -0.2) is 29.7 Å². The van der Waals surface area contributed by atoms with Crippen LogP contribution in [-0.2, 0) is 0 Å². The van der Waals surface area contributed by atoms with Crippen molar-refractivity contribution in [1.29, 1.82) is 0 Å². The Morgan fingerprint density at radius 1 is 0.857 bits per heavy atom. The quantitative estimate of drug-likeness (QED) is 0.370. The number of fused-ring (bicyclic) bond motifs is 3. The maximum absolute atomic E-state index is 4.51. The number of hydrogen-bond donors (Lipinski definition) is 0. The van der Waals surface area contributed by atoms with E-state index < -0.39 is 0 Å². The normalized spacial score (nSPS) is 11.3. The average Bonchev–Trinajstić information content (AvgIpc) is 2.84. The van der Waals surface area contributed by atoms with Crippen LogP contribution in [0.25, 0.3) is 31.3 Å². The summed E-state index contributed by atoms with van der Waals surface area (Å²) in [5.41, 5.74) is 3.65. The number of aryl methyl sites for hydroxylation is 1. The zero-order valence-corrected chi connectivity index (χ0v) is 15.8. The van der Waals surface area contributed by atoms with Gasteiger partial charge in [-0.1, -0.05) is 0 Å². The first-order valence-electron chi connectivity index (χ1n) is 6.80. The zero-order chi connectivity index (χ0) is 14.4.